The van der Waals surface area contributed by atoms with Gasteiger partial charge in [-0.3, -0.25) is 9.59 Å². The van der Waals surface area contributed by atoms with Crippen molar-refractivity contribution in [2.24, 2.45) is 0 Å². The number of halogens is 1. The van der Waals surface area contributed by atoms with E-state index in [1.54, 1.807) is 18.2 Å². The minimum atomic E-state index is -0.309. The first-order valence-corrected chi connectivity index (χ1v) is 16.4. The van der Waals surface area contributed by atoms with Crippen molar-refractivity contribution in [3.05, 3.63) is 179 Å². The molecular weight excluding hydrogens is 605 g/mol. The lowest BCUT2D eigenvalue weighted by Gasteiger charge is -2.42. The molecule has 7 aromatic carbocycles. The molecule has 0 saturated heterocycles. The highest BCUT2D eigenvalue weighted by Gasteiger charge is 2.38. The van der Waals surface area contributed by atoms with E-state index in [1.165, 1.54) is 23.3 Å². The number of hydrogen-bond acceptors (Lipinski definition) is 3. The van der Waals surface area contributed by atoms with E-state index in [9.17, 15) is 14.0 Å². The molecule has 1 aliphatic carbocycles. The molecule has 0 fully saturated rings. The lowest BCUT2D eigenvalue weighted by molar-refractivity contribution is 0.0990. The summed E-state index contributed by atoms with van der Waals surface area (Å²) in [5.41, 5.74) is 9.30. The third-order valence-corrected chi connectivity index (χ3v) is 10.2. The third-order valence-electron chi connectivity index (χ3n) is 10.2. The van der Waals surface area contributed by atoms with Crippen LogP contribution in [0.3, 0.4) is 0 Å². The molecule has 1 heterocycles. The number of para-hydroxylation sites is 1. The van der Waals surface area contributed by atoms with E-state index >= 15 is 0 Å². The first-order chi connectivity index (χ1) is 43.8. The van der Waals surface area contributed by atoms with Gasteiger partial charge in [0.15, 0.2) is 11.6 Å². The Kier molecular flexibility index (Phi) is 3.27. The Morgan fingerprint density at radius 1 is 0.633 bits per heavy atom. The fraction of sp³-hybridized carbons (Fsp3) is 0.0667. The molecule has 0 amide bonds. The molecule has 4 heteroatoms. The molecule has 0 spiro atoms. The topological polar surface area (TPSA) is 37.4 Å². The fourth-order valence-electron chi connectivity index (χ4n) is 7.76. The quantitative estimate of drug-likeness (QED) is 0.135. The monoisotopic (exact) mass is 716 g/mol. The van der Waals surface area contributed by atoms with Gasteiger partial charge in [0.25, 0.3) is 0 Å². The first-order valence-electron chi connectivity index (χ1n) is 36.4. The van der Waals surface area contributed by atoms with Crippen LogP contribution in [-0.2, 0) is 5.41 Å². The fourth-order valence-corrected chi connectivity index (χ4v) is 7.76. The van der Waals surface area contributed by atoms with Crippen molar-refractivity contribution in [3.8, 4) is 11.1 Å². The van der Waals surface area contributed by atoms with Crippen molar-refractivity contribution < 1.29 is 73.4 Å². The maximum absolute atomic E-state index is 13.6. The average Bonchev–Trinajstić information content (AvgIpc) is 1.27. The molecule has 0 saturated carbocycles. The van der Waals surface area contributed by atoms with Crippen LogP contribution in [0.15, 0.2) is 145 Å². The number of carbonyl (C=O) groups excluding carboxylic acids is 2. The Morgan fingerprint density at radius 2 is 1.24 bits per heavy atom. The Hall–Kier alpha value is -6.13. The first kappa shape index (κ1) is 15.0. The van der Waals surface area contributed by atoms with Gasteiger partial charge in [-0.1, -0.05) is 98.8 Å². The number of carbonyl (C=O) groups is 2. The van der Waals surface area contributed by atoms with Gasteiger partial charge < -0.3 is 4.90 Å². The van der Waals surface area contributed by atoms with Gasteiger partial charge >= 0.3 is 0 Å². The van der Waals surface area contributed by atoms with Gasteiger partial charge in [0.1, 0.15) is 5.82 Å². The van der Waals surface area contributed by atoms with Gasteiger partial charge in [-0.05, 0) is 110 Å². The lowest BCUT2D eigenvalue weighted by atomic mass is 9.71. The summed E-state index contributed by atoms with van der Waals surface area (Å²) in [4.78, 5) is 29.3. The number of hydrogen-bond donors (Lipinski definition) is 0. The van der Waals surface area contributed by atoms with Crippen LogP contribution in [0.1, 0.15) is 111 Å². The average molecular weight is 716 g/mol. The van der Waals surface area contributed by atoms with Crippen LogP contribution < -0.4 is 4.90 Å². The largest absolute Gasteiger partial charge is 0.310 e. The molecule has 0 N–H and O–H groups in total. The number of allylic oxidation sites excluding steroid dienone is 1. The Morgan fingerprint density at radius 3 is 1.92 bits per heavy atom. The van der Waals surface area contributed by atoms with Gasteiger partial charge in [0.2, 0.25) is 0 Å². The molecule has 0 unspecified atom stereocenters. The number of nitrogens with zero attached hydrogens (tertiary/aromatic N) is 1. The van der Waals surface area contributed by atoms with Crippen LogP contribution in [0, 0.1) is 5.82 Å². The summed E-state index contributed by atoms with van der Waals surface area (Å²) in [6.45, 7) is 4.54. The zero-order valence-electron chi connectivity index (χ0n) is 67.0. The molecule has 3 nitrogen and oxygen atoms in total. The summed E-state index contributed by atoms with van der Waals surface area (Å²) in [6, 6.07) is 45.5. The van der Waals surface area contributed by atoms with E-state index in [2.05, 4.69) is 91.5 Å². The molecule has 2 aliphatic rings. The van der Waals surface area contributed by atoms with Crippen LogP contribution >= 0.6 is 0 Å². The van der Waals surface area contributed by atoms with E-state index < -0.39 is 0 Å². The second-order valence-corrected chi connectivity index (χ2v) is 13.4. The van der Waals surface area contributed by atoms with Gasteiger partial charge in [-0.25, -0.2) is 4.39 Å². The zero-order valence-corrected chi connectivity index (χ0v) is 27.0. The van der Waals surface area contributed by atoms with Crippen molar-refractivity contribution >= 4 is 56.2 Å². The summed E-state index contributed by atoms with van der Waals surface area (Å²) >= 11 is 0. The van der Waals surface area contributed by atoms with E-state index in [4.69, 9.17) is 59.4 Å². The van der Waals surface area contributed by atoms with Gasteiger partial charge in [0.05, 0.1) is 16.9 Å². The van der Waals surface area contributed by atoms with E-state index in [-0.39, 0.29) is 28.4 Å². The zero-order chi connectivity index (χ0) is 73.4. The van der Waals surface area contributed by atoms with Gasteiger partial charge in [-0.15, -0.1) is 0 Å². The van der Waals surface area contributed by atoms with Crippen molar-refractivity contribution in [1.82, 2.24) is 0 Å². The molecule has 1 aliphatic heterocycles. The Balaban J connectivity index is -0.000000127. The minimum absolute atomic E-state index is 0.201. The maximum Gasteiger partial charge on any atom is 0.197 e. The number of anilines is 3. The third kappa shape index (κ3) is 4.48. The van der Waals surface area contributed by atoms with Gasteiger partial charge in [-0.2, -0.15) is 0 Å². The SMILES string of the molecule is CC1(C)c2ccccc2N(c2ccc(-c3ccc(F)cc3)cc2)c2ccc3cc(C=C4C(=O)c5cc6ccccc6cc5C4=O)ccc3c21.[2H][2H].[2H][2H].[2H][2H].[2H][2H].[2H][2H].[2H][2H].[2H][2H].[2H][2H].[2H][2H].[2H][2H].[2H][2H].[2H][2H].[2H][2H].[2H][2H].[2H][2H].[2H][2H].[2H][2H].[2H][2H].[2H][2H].[2H][2H]. The van der Waals surface area contributed by atoms with E-state index in [0.29, 0.717) is 11.1 Å². The Bertz CT molecular complexity index is 2590. The normalized spacial score (nSPS) is 17.9. The van der Waals surface area contributed by atoms with Crippen molar-refractivity contribution in [1.29, 1.82) is 0 Å². The van der Waals surface area contributed by atoms with Crippen LogP contribution in [0.25, 0.3) is 38.7 Å². The summed E-state index contributed by atoms with van der Waals surface area (Å²) in [6.07, 6.45) is 1.74. The lowest BCUT2D eigenvalue weighted by Crippen LogP contribution is -2.30. The summed E-state index contributed by atoms with van der Waals surface area (Å²) in [7, 11) is 0. The molecule has 0 aromatic heterocycles. The van der Waals surface area contributed by atoms with Gasteiger partial charge in [0, 0.05) is 81.6 Å². The molecule has 49 heavy (non-hydrogen) atoms. The van der Waals surface area contributed by atoms with Crippen molar-refractivity contribution in [2.75, 3.05) is 4.90 Å². The smallest absolute Gasteiger partial charge is 0.197 e. The predicted molar refractivity (Wildman–Crippen MR) is 239 cm³/mol. The predicted octanol–water partition coefficient (Wildman–Crippen LogP) is 16.3. The van der Waals surface area contributed by atoms with E-state index in [1.807, 2.05) is 42.5 Å². The molecule has 274 valence electrons. The highest BCUT2D eigenvalue weighted by atomic mass is 19.1. The standard InChI is InChI=1S/C45H30FNO2.20H2/c1-45(2)39-9-5-6-10-40(39)47(34-19-14-29(15-20-34)28-12-17-33(46)18-13-28)41-22-16-32-23-27(11-21-35(32)42(41)45)24-38-43(48)36-25-30-7-3-4-8-31(30)26-37(36)44(38)49;;;;;;;;;;;;;;;;;;;;/h3-26H,1-2H3;20*1H/i;20*1+1D. The summed E-state index contributed by atoms with van der Waals surface area (Å²) in [5.74, 6) is -0.703. The number of benzene rings is 7. The van der Waals surface area contributed by atoms with Crippen LogP contribution in [0.4, 0.5) is 21.5 Å². The van der Waals surface area contributed by atoms with Crippen LogP contribution in [0.2, 0.25) is 0 Å². The molecule has 0 radical (unpaired) electrons. The number of Topliss-reactive ketones (excluding diaryl/α,β-unsaturated/α-hetero) is 2. The highest BCUT2D eigenvalue weighted by molar-refractivity contribution is 6.42. The minimum Gasteiger partial charge on any atom is -0.310 e. The molecule has 7 aromatic rings. The molecule has 0 atom stereocenters. The summed E-state index contributed by atoms with van der Waals surface area (Å²) in [5, 5.41) is 4.04. The number of fused-ring (bicyclic) bond motifs is 6. The molecule has 9 rings (SSSR count). The van der Waals surface area contributed by atoms with Crippen LogP contribution in [-0.4, -0.2) is 11.6 Å². The molecular formula is C45H70FNO2. The second-order valence-electron chi connectivity index (χ2n) is 13.4. The maximum atomic E-state index is 13.6. The molecule has 0 bridgehead atoms. The van der Waals surface area contributed by atoms with E-state index in [0.717, 1.165) is 55.3 Å². The summed E-state index contributed by atoms with van der Waals surface area (Å²) < 4.78 is 214. The van der Waals surface area contributed by atoms with Crippen LogP contribution in [0.5, 0.6) is 0 Å². The van der Waals surface area contributed by atoms with Crippen molar-refractivity contribution in [2.45, 2.75) is 19.3 Å². The number of ketones is 2. The number of rotatable bonds is 3. The Labute approximate surface area is 345 Å². The highest BCUT2D eigenvalue weighted by Crippen LogP contribution is 2.54. The van der Waals surface area contributed by atoms with Crippen molar-refractivity contribution in [3.63, 3.8) is 0 Å². The second kappa shape index (κ2) is 10.7.